The first-order valence-corrected chi connectivity index (χ1v) is 8.80. The number of halogens is 1. The van der Waals surface area contributed by atoms with Crippen molar-refractivity contribution >= 4 is 32.7 Å². The van der Waals surface area contributed by atoms with Crippen molar-refractivity contribution in [1.29, 1.82) is 0 Å². The predicted molar refractivity (Wildman–Crippen MR) is 96.0 cm³/mol. The fourth-order valence-electron chi connectivity index (χ4n) is 3.01. The van der Waals surface area contributed by atoms with E-state index in [1.165, 1.54) is 0 Å². The van der Waals surface area contributed by atoms with Crippen LogP contribution in [0.25, 0.3) is 10.9 Å². The minimum Gasteiger partial charge on any atom is -0.354 e. The fraction of sp³-hybridized carbons (Fsp3) is 0.353. The summed E-state index contributed by atoms with van der Waals surface area (Å²) in [5.74, 6) is 2.41. The van der Waals surface area contributed by atoms with Gasteiger partial charge >= 0.3 is 0 Å². The van der Waals surface area contributed by atoms with E-state index in [2.05, 4.69) is 54.1 Å². The van der Waals surface area contributed by atoms with E-state index in [9.17, 15) is 0 Å². The molecule has 0 atom stereocenters. The number of fused-ring (bicyclic) bond motifs is 1. The van der Waals surface area contributed by atoms with Gasteiger partial charge in [-0.05, 0) is 41.1 Å². The molecule has 0 spiro atoms. The number of aryl methyl sites for hydroxylation is 1. The van der Waals surface area contributed by atoms with Gasteiger partial charge in [0.2, 0.25) is 5.89 Å². The topological polar surface area (TPSA) is 58.3 Å². The van der Waals surface area contributed by atoms with Gasteiger partial charge in [-0.1, -0.05) is 17.3 Å². The maximum absolute atomic E-state index is 5.21. The molecular formula is C17H18BrN5O. The minimum atomic E-state index is 0.689. The third-order valence-corrected chi connectivity index (χ3v) is 4.92. The Balaban J connectivity index is 1.44. The zero-order valence-electron chi connectivity index (χ0n) is 13.4. The summed E-state index contributed by atoms with van der Waals surface area (Å²) in [6.45, 7) is 6.35. The molecule has 2 aromatic heterocycles. The molecule has 1 saturated heterocycles. The van der Waals surface area contributed by atoms with E-state index in [0.29, 0.717) is 18.3 Å². The number of piperazine rings is 1. The van der Waals surface area contributed by atoms with Gasteiger partial charge in [0.15, 0.2) is 5.82 Å². The Morgan fingerprint density at radius 3 is 2.67 bits per heavy atom. The van der Waals surface area contributed by atoms with Crippen LogP contribution in [0.1, 0.15) is 11.7 Å². The smallest absolute Gasteiger partial charge is 0.240 e. The van der Waals surface area contributed by atoms with Crippen molar-refractivity contribution < 1.29 is 4.52 Å². The summed E-state index contributed by atoms with van der Waals surface area (Å²) < 4.78 is 6.24. The van der Waals surface area contributed by atoms with Crippen LogP contribution in [0.15, 0.2) is 39.3 Å². The second-order valence-corrected chi connectivity index (χ2v) is 6.83. The Labute approximate surface area is 148 Å². The maximum atomic E-state index is 5.21. The van der Waals surface area contributed by atoms with Crippen LogP contribution in [-0.2, 0) is 6.54 Å². The molecule has 0 bridgehead atoms. The molecule has 124 valence electrons. The fourth-order valence-corrected chi connectivity index (χ4v) is 3.48. The first-order valence-electron chi connectivity index (χ1n) is 8.01. The molecule has 1 aliphatic heterocycles. The SMILES string of the molecule is Cc1noc(CN2CCN(c3ccc4cccc(Br)c4n3)CC2)n1. The van der Waals surface area contributed by atoms with Crippen molar-refractivity contribution in [2.75, 3.05) is 31.1 Å². The highest BCUT2D eigenvalue weighted by Crippen LogP contribution is 2.25. The van der Waals surface area contributed by atoms with Gasteiger partial charge in [-0.15, -0.1) is 0 Å². The van der Waals surface area contributed by atoms with Crippen molar-refractivity contribution in [2.45, 2.75) is 13.5 Å². The van der Waals surface area contributed by atoms with Gasteiger partial charge < -0.3 is 9.42 Å². The van der Waals surface area contributed by atoms with E-state index in [1.54, 1.807) is 0 Å². The van der Waals surface area contributed by atoms with Crippen molar-refractivity contribution in [3.05, 3.63) is 46.5 Å². The normalized spacial score (nSPS) is 16.0. The largest absolute Gasteiger partial charge is 0.354 e. The van der Waals surface area contributed by atoms with E-state index in [4.69, 9.17) is 9.51 Å². The molecule has 0 unspecified atom stereocenters. The van der Waals surface area contributed by atoms with E-state index < -0.39 is 0 Å². The van der Waals surface area contributed by atoms with Gasteiger partial charge in [0.1, 0.15) is 5.82 Å². The van der Waals surface area contributed by atoms with Crippen LogP contribution >= 0.6 is 15.9 Å². The second-order valence-electron chi connectivity index (χ2n) is 5.98. The van der Waals surface area contributed by atoms with Crippen LogP contribution in [0.4, 0.5) is 5.82 Å². The summed E-state index contributed by atoms with van der Waals surface area (Å²) in [5, 5.41) is 5.00. The summed E-state index contributed by atoms with van der Waals surface area (Å²) in [5.41, 5.74) is 1.01. The molecule has 1 aromatic carbocycles. The van der Waals surface area contributed by atoms with Crippen molar-refractivity contribution in [1.82, 2.24) is 20.0 Å². The molecule has 4 rings (SSSR count). The average molecular weight is 388 g/mol. The van der Waals surface area contributed by atoms with Gasteiger partial charge in [0.05, 0.1) is 12.1 Å². The Morgan fingerprint density at radius 1 is 1.08 bits per heavy atom. The monoisotopic (exact) mass is 387 g/mol. The highest BCUT2D eigenvalue weighted by molar-refractivity contribution is 9.10. The lowest BCUT2D eigenvalue weighted by Gasteiger charge is -2.34. The van der Waals surface area contributed by atoms with Crippen LogP contribution in [0.3, 0.4) is 0 Å². The molecule has 24 heavy (non-hydrogen) atoms. The van der Waals surface area contributed by atoms with E-state index >= 15 is 0 Å². The van der Waals surface area contributed by atoms with Crippen LogP contribution in [0.2, 0.25) is 0 Å². The Hall–Kier alpha value is -1.99. The molecule has 3 aromatic rings. The van der Waals surface area contributed by atoms with Crippen LogP contribution in [-0.4, -0.2) is 46.2 Å². The molecule has 0 radical (unpaired) electrons. The zero-order valence-corrected chi connectivity index (χ0v) is 15.0. The van der Waals surface area contributed by atoms with Gasteiger partial charge in [-0.3, -0.25) is 4.90 Å². The minimum absolute atomic E-state index is 0.689. The highest BCUT2D eigenvalue weighted by atomic mass is 79.9. The number of hydrogen-bond donors (Lipinski definition) is 0. The number of benzene rings is 1. The quantitative estimate of drug-likeness (QED) is 0.688. The number of aromatic nitrogens is 3. The summed E-state index contributed by atoms with van der Waals surface area (Å²) in [7, 11) is 0. The number of pyridine rings is 1. The molecule has 3 heterocycles. The number of nitrogens with zero attached hydrogens (tertiary/aromatic N) is 5. The molecule has 0 aliphatic carbocycles. The average Bonchev–Trinajstić information content (AvgIpc) is 3.01. The van der Waals surface area contributed by atoms with Crippen molar-refractivity contribution in [3.8, 4) is 0 Å². The Morgan fingerprint density at radius 2 is 1.92 bits per heavy atom. The standard InChI is InChI=1S/C17H18BrN5O/c1-12-19-16(24-21-12)11-22-7-9-23(10-8-22)15-6-5-13-3-2-4-14(18)17(13)20-15/h2-6H,7-11H2,1H3. The summed E-state index contributed by atoms with van der Waals surface area (Å²) in [6, 6.07) is 10.4. The first-order chi connectivity index (χ1) is 11.7. The third kappa shape index (κ3) is 3.14. The highest BCUT2D eigenvalue weighted by Gasteiger charge is 2.20. The van der Waals surface area contributed by atoms with Gasteiger partial charge in [-0.2, -0.15) is 4.98 Å². The third-order valence-electron chi connectivity index (χ3n) is 4.28. The maximum Gasteiger partial charge on any atom is 0.240 e. The molecule has 0 N–H and O–H groups in total. The van der Waals surface area contributed by atoms with Crippen LogP contribution < -0.4 is 4.90 Å². The van der Waals surface area contributed by atoms with Crippen molar-refractivity contribution in [3.63, 3.8) is 0 Å². The molecule has 1 aliphatic rings. The summed E-state index contributed by atoms with van der Waals surface area (Å²) in [4.78, 5) is 13.8. The van der Waals surface area contributed by atoms with Crippen LogP contribution in [0.5, 0.6) is 0 Å². The zero-order chi connectivity index (χ0) is 16.5. The van der Waals surface area contributed by atoms with E-state index in [0.717, 1.165) is 47.4 Å². The lowest BCUT2D eigenvalue weighted by atomic mass is 10.2. The molecule has 6 nitrogen and oxygen atoms in total. The van der Waals surface area contributed by atoms with E-state index in [1.807, 2.05) is 19.1 Å². The molecule has 0 amide bonds. The number of rotatable bonds is 3. The molecular weight excluding hydrogens is 370 g/mol. The van der Waals surface area contributed by atoms with E-state index in [-0.39, 0.29) is 0 Å². The lowest BCUT2D eigenvalue weighted by Crippen LogP contribution is -2.46. The summed E-state index contributed by atoms with van der Waals surface area (Å²) >= 11 is 3.59. The predicted octanol–water partition coefficient (Wildman–Crippen LogP) is 3.01. The molecule has 7 heteroatoms. The Kier molecular flexibility index (Phi) is 4.20. The van der Waals surface area contributed by atoms with Crippen LogP contribution in [0, 0.1) is 6.92 Å². The summed E-state index contributed by atoms with van der Waals surface area (Å²) in [6.07, 6.45) is 0. The number of hydrogen-bond acceptors (Lipinski definition) is 6. The lowest BCUT2D eigenvalue weighted by molar-refractivity contribution is 0.215. The molecule has 1 fully saturated rings. The number of para-hydroxylation sites is 1. The van der Waals surface area contributed by atoms with Gasteiger partial charge in [0, 0.05) is 36.0 Å². The van der Waals surface area contributed by atoms with Crippen molar-refractivity contribution in [2.24, 2.45) is 0 Å². The first kappa shape index (κ1) is 15.5. The van der Waals surface area contributed by atoms with Gasteiger partial charge in [-0.25, -0.2) is 4.98 Å². The molecule has 0 saturated carbocycles. The van der Waals surface area contributed by atoms with Gasteiger partial charge in [0.25, 0.3) is 0 Å². The second kappa shape index (κ2) is 6.49. The number of anilines is 1. The Bertz CT molecular complexity index is 857.